The summed E-state index contributed by atoms with van der Waals surface area (Å²) < 4.78 is 7.66. The van der Waals surface area contributed by atoms with Gasteiger partial charge in [-0.25, -0.2) is 0 Å². The maximum atomic E-state index is 12.6. The smallest absolute Gasteiger partial charge is 0.317 e. The lowest BCUT2D eigenvalue weighted by atomic mass is 9.96. The molecule has 25 heavy (non-hydrogen) atoms. The van der Waals surface area contributed by atoms with E-state index in [0.29, 0.717) is 11.6 Å². The molecule has 2 aliphatic rings. The predicted octanol–water partition coefficient (Wildman–Crippen LogP) is 3.90. The topological polar surface area (TPSA) is 48.3 Å². The fourth-order valence-electron chi connectivity index (χ4n) is 3.79. The molecular weight excluding hydrogens is 314 g/mol. The molecule has 0 spiro atoms. The number of esters is 1. The first kappa shape index (κ1) is 16.1. The number of hydrogen-bond donors (Lipinski definition) is 0. The predicted molar refractivity (Wildman–Crippen MR) is 94.8 cm³/mol. The number of Topliss-reactive ketones (excluding diaryl/α,β-unsaturated/α-hetero) is 1. The summed E-state index contributed by atoms with van der Waals surface area (Å²) in [5.74, 6) is -0.389. The molecule has 0 saturated heterocycles. The second kappa shape index (κ2) is 5.87. The molecule has 0 unspecified atom stereocenters. The van der Waals surface area contributed by atoms with E-state index in [1.165, 1.54) is 12.8 Å². The Hall–Kier alpha value is -2.36. The van der Waals surface area contributed by atoms with Crippen LogP contribution in [0.1, 0.15) is 59.0 Å². The Balaban J connectivity index is 1.44. The number of ether oxygens (including phenoxy) is 1. The molecule has 1 heterocycles. The number of aryl methyl sites for hydroxylation is 1. The van der Waals surface area contributed by atoms with Crippen LogP contribution in [-0.2, 0) is 14.9 Å². The monoisotopic (exact) mass is 337 g/mol. The minimum Gasteiger partial charge on any atom is -0.457 e. The molecule has 0 bridgehead atoms. The van der Waals surface area contributed by atoms with Crippen molar-refractivity contribution in [3.05, 3.63) is 58.9 Å². The van der Waals surface area contributed by atoms with Gasteiger partial charge in [0.05, 0.1) is 5.41 Å². The molecule has 2 aromatic rings. The van der Waals surface area contributed by atoms with Crippen molar-refractivity contribution >= 4 is 11.8 Å². The van der Waals surface area contributed by atoms with E-state index in [-0.39, 0.29) is 18.4 Å². The van der Waals surface area contributed by atoms with Crippen molar-refractivity contribution in [2.45, 2.75) is 51.0 Å². The zero-order valence-corrected chi connectivity index (χ0v) is 14.7. The zero-order valence-electron chi connectivity index (χ0n) is 14.7. The van der Waals surface area contributed by atoms with Crippen LogP contribution in [0.5, 0.6) is 0 Å². The fourth-order valence-corrected chi connectivity index (χ4v) is 3.79. The summed E-state index contributed by atoms with van der Waals surface area (Å²) in [6.07, 6.45) is 3.94. The van der Waals surface area contributed by atoms with Gasteiger partial charge >= 0.3 is 5.97 Å². The summed E-state index contributed by atoms with van der Waals surface area (Å²) in [5.41, 5.74) is 3.23. The molecular formula is C21H23NO3. The van der Waals surface area contributed by atoms with Crippen molar-refractivity contribution in [1.29, 1.82) is 0 Å². The van der Waals surface area contributed by atoms with E-state index in [9.17, 15) is 9.59 Å². The summed E-state index contributed by atoms with van der Waals surface area (Å²) in [6.45, 7) is 3.83. The minimum absolute atomic E-state index is 0.114. The van der Waals surface area contributed by atoms with Crippen LogP contribution in [0.25, 0.3) is 0 Å². The van der Waals surface area contributed by atoms with Crippen molar-refractivity contribution in [2.75, 3.05) is 6.61 Å². The lowest BCUT2D eigenvalue weighted by Crippen LogP contribution is -2.26. The van der Waals surface area contributed by atoms with Gasteiger partial charge in [-0.1, -0.05) is 30.3 Å². The van der Waals surface area contributed by atoms with Crippen LogP contribution in [0.15, 0.2) is 36.4 Å². The SMILES string of the molecule is Cc1cc(C(=O)COC(=O)C2(c3ccccc3)CC2)c(C)n1C1CC1. The maximum Gasteiger partial charge on any atom is 0.317 e. The lowest BCUT2D eigenvalue weighted by molar-refractivity contribution is -0.145. The summed E-state index contributed by atoms with van der Waals surface area (Å²) >= 11 is 0. The standard InChI is InChI=1S/C21H23NO3/c1-14-12-18(15(2)22(14)17-8-9-17)19(23)13-25-20(24)21(10-11-21)16-6-4-3-5-7-16/h3-7,12,17H,8-11,13H2,1-2H3. The number of rotatable bonds is 6. The van der Waals surface area contributed by atoms with Crippen molar-refractivity contribution < 1.29 is 14.3 Å². The summed E-state index contributed by atoms with van der Waals surface area (Å²) in [7, 11) is 0. The van der Waals surface area contributed by atoms with Crippen LogP contribution < -0.4 is 0 Å². The molecule has 130 valence electrons. The second-order valence-electron chi connectivity index (χ2n) is 7.33. The van der Waals surface area contributed by atoms with E-state index in [1.807, 2.05) is 50.2 Å². The minimum atomic E-state index is -0.535. The molecule has 2 fully saturated rings. The molecule has 2 aliphatic carbocycles. The van der Waals surface area contributed by atoms with Crippen LogP contribution in [0.2, 0.25) is 0 Å². The van der Waals surface area contributed by atoms with Crippen molar-refractivity contribution in [3.63, 3.8) is 0 Å². The normalized spacial score (nSPS) is 18.0. The van der Waals surface area contributed by atoms with Crippen LogP contribution >= 0.6 is 0 Å². The number of ketones is 1. The van der Waals surface area contributed by atoms with Gasteiger partial charge in [-0.3, -0.25) is 9.59 Å². The van der Waals surface area contributed by atoms with Gasteiger partial charge in [0, 0.05) is 23.0 Å². The van der Waals surface area contributed by atoms with Crippen LogP contribution in [0.3, 0.4) is 0 Å². The Morgan fingerprint density at radius 1 is 1.16 bits per heavy atom. The Kier molecular flexibility index (Phi) is 3.78. The summed E-state index contributed by atoms with van der Waals surface area (Å²) in [5, 5.41) is 0. The average Bonchev–Trinajstić information content (AvgIpc) is 3.52. The summed E-state index contributed by atoms with van der Waals surface area (Å²) in [4.78, 5) is 25.1. The Morgan fingerprint density at radius 2 is 1.84 bits per heavy atom. The van der Waals surface area contributed by atoms with Gasteiger partial charge < -0.3 is 9.30 Å². The quantitative estimate of drug-likeness (QED) is 0.593. The Morgan fingerprint density at radius 3 is 2.44 bits per heavy atom. The van der Waals surface area contributed by atoms with Gasteiger partial charge in [0.15, 0.2) is 6.61 Å². The molecule has 1 aromatic carbocycles. The molecule has 0 aliphatic heterocycles. The van der Waals surface area contributed by atoms with Gasteiger partial charge in [0.1, 0.15) is 0 Å². The zero-order chi connectivity index (χ0) is 17.6. The van der Waals surface area contributed by atoms with Gasteiger partial charge in [-0.05, 0) is 51.2 Å². The Bertz CT molecular complexity index is 826. The molecule has 4 nitrogen and oxygen atoms in total. The average molecular weight is 337 g/mol. The molecule has 4 rings (SSSR count). The molecule has 0 amide bonds. The van der Waals surface area contributed by atoms with E-state index in [2.05, 4.69) is 4.57 Å². The lowest BCUT2D eigenvalue weighted by Gasteiger charge is -2.14. The van der Waals surface area contributed by atoms with Crippen LogP contribution in [0, 0.1) is 13.8 Å². The van der Waals surface area contributed by atoms with E-state index >= 15 is 0 Å². The third-order valence-electron chi connectivity index (χ3n) is 5.50. The molecule has 1 aromatic heterocycles. The number of nitrogens with zero attached hydrogens (tertiary/aromatic N) is 1. The van der Waals surface area contributed by atoms with Gasteiger partial charge in [-0.2, -0.15) is 0 Å². The number of hydrogen-bond acceptors (Lipinski definition) is 3. The maximum absolute atomic E-state index is 12.6. The van der Waals surface area contributed by atoms with E-state index in [1.54, 1.807) is 0 Å². The first-order chi connectivity index (χ1) is 12.0. The largest absolute Gasteiger partial charge is 0.457 e. The fraction of sp³-hybridized carbons (Fsp3) is 0.429. The van der Waals surface area contributed by atoms with Gasteiger partial charge in [0.25, 0.3) is 0 Å². The first-order valence-corrected chi connectivity index (χ1v) is 8.97. The number of benzene rings is 1. The highest BCUT2D eigenvalue weighted by Gasteiger charge is 2.52. The molecule has 4 heteroatoms. The third-order valence-corrected chi connectivity index (χ3v) is 5.50. The highest BCUT2D eigenvalue weighted by atomic mass is 16.5. The van der Waals surface area contributed by atoms with E-state index in [4.69, 9.17) is 4.74 Å². The highest BCUT2D eigenvalue weighted by Crippen LogP contribution is 2.49. The highest BCUT2D eigenvalue weighted by molar-refractivity contribution is 6.00. The summed E-state index contributed by atoms with van der Waals surface area (Å²) in [6, 6.07) is 12.2. The molecule has 0 N–H and O–H groups in total. The second-order valence-corrected chi connectivity index (χ2v) is 7.33. The molecule has 0 radical (unpaired) electrons. The Labute approximate surface area is 147 Å². The van der Waals surface area contributed by atoms with Crippen molar-refractivity contribution in [1.82, 2.24) is 4.57 Å². The first-order valence-electron chi connectivity index (χ1n) is 8.97. The van der Waals surface area contributed by atoms with Gasteiger partial charge in [0.2, 0.25) is 5.78 Å². The van der Waals surface area contributed by atoms with E-state index in [0.717, 1.165) is 29.8 Å². The van der Waals surface area contributed by atoms with Crippen molar-refractivity contribution in [3.8, 4) is 0 Å². The third kappa shape index (κ3) is 2.80. The molecule has 2 saturated carbocycles. The number of aromatic nitrogens is 1. The van der Waals surface area contributed by atoms with E-state index < -0.39 is 5.41 Å². The molecule has 0 atom stereocenters. The van der Waals surface area contributed by atoms with Crippen LogP contribution in [0.4, 0.5) is 0 Å². The van der Waals surface area contributed by atoms with Gasteiger partial charge in [-0.15, -0.1) is 0 Å². The number of carbonyl (C=O) groups excluding carboxylic acids is 2. The van der Waals surface area contributed by atoms with Crippen molar-refractivity contribution in [2.24, 2.45) is 0 Å². The van der Waals surface area contributed by atoms with Crippen LogP contribution in [-0.4, -0.2) is 22.9 Å². The number of carbonyl (C=O) groups is 2.